The van der Waals surface area contributed by atoms with Gasteiger partial charge in [0.25, 0.3) is 0 Å². The summed E-state index contributed by atoms with van der Waals surface area (Å²) in [4.78, 5) is 4.11. The monoisotopic (exact) mass is 243 g/mol. The summed E-state index contributed by atoms with van der Waals surface area (Å²) in [6.45, 7) is 4.64. The first-order chi connectivity index (χ1) is 8.88. The number of nitrogens with two attached hydrogens (primary N) is 1. The first kappa shape index (κ1) is 12.6. The summed E-state index contributed by atoms with van der Waals surface area (Å²) in [5.41, 5.74) is 2.56. The molecular weight excluding hydrogens is 224 g/mol. The van der Waals surface area contributed by atoms with Crippen LogP contribution >= 0.6 is 0 Å². The summed E-state index contributed by atoms with van der Waals surface area (Å²) in [7, 11) is 0. The average Bonchev–Trinajstić information content (AvgIpc) is 2.42. The Hall–Kier alpha value is -1.87. The van der Waals surface area contributed by atoms with Gasteiger partial charge in [-0.25, -0.2) is 0 Å². The van der Waals surface area contributed by atoms with E-state index in [0.717, 1.165) is 18.8 Å². The Labute approximate surface area is 108 Å². The lowest BCUT2D eigenvalue weighted by Gasteiger charge is -2.04. The van der Waals surface area contributed by atoms with Crippen molar-refractivity contribution in [3.05, 3.63) is 59.9 Å². The molecule has 1 aromatic carbocycles. The van der Waals surface area contributed by atoms with Crippen molar-refractivity contribution >= 4 is 0 Å². The van der Waals surface area contributed by atoms with Gasteiger partial charge < -0.3 is 10.1 Å². The standard InChI is InChI=1S/C15H18N2O/c1-2-18-15-7-5-13(6-8-15)10-17-12-14-4-3-9-16-11-14/h3-9,11,17H,2,10,12H2,1H3/p+1. The Kier molecular flexibility index (Phi) is 4.73. The summed E-state index contributed by atoms with van der Waals surface area (Å²) < 4.78 is 5.42. The fourth-order valence-electron chi connectivity index (χ4n) is 1.81. The van der Waals surface area contributed by atoms with Crippen molar-refractivity contribution in [2.24, 2.45) is 0 Å². The van der Waals surface area contributed by atoms with E-state index in [0.29, 0.717) is 6.61 Å². The van der Waals surface area contributed by atoms with Crippen LogP contribution < -0.4 is 10.1 Å². The first-order valence-electron chi connectivity index (χ1n) is 6.31. The van der Waals surface area contributed by atoms with E-state index in [1.54, 1.807) is 6.20 Å². The van der Waals surface area contributed by atoms with E-state index in [2.05, 4.69) is 28.5 Å². The number of quaternary nitrogens is 1. The highest BCUT2D eigenvalue weighted by Crippen LogP contribution is 2.11. The van der Waals surface area contributed by atoms with Crippen molar-refractivity contribution in [1.29, 1.82) is 0 Å². The van der Waals surface area contributed by atoms with E-state index in [1.165, 1.54) is 11.1 Å². The average molecular weight is 243 g/mol. The Morgan fingerprint density at radius 2 is 1.83 bits per heavy atom. The molecule has 0 unspecified atom stereocenters. The van der Waals surface area contributed by atoms with Crippen LogP contribution in [0.15, 0.2) is 48.8 Å². The predicted molar refractivity (Wildman–Crippen MR) is 71.2 cm³/mol. The predicted octanol–water partition coefficient (Wildman–Crippen LogP) is 1.74. The fraction of sp³-hybridized carbons (Fsp3) is 0.267. The maximum atomic E-state index is 5.42. The zero-order valence-electron chi connectivity index (χ0n) is 10.7. The van der Waals surface area contributed by atoms with Gasteiger partial charge in [-0.15, -0.1) is 0 Å². The number of hydrogen-bond donors (Lipinski definition) is 1. The van der Waals surface area contributed by atoms with Crippen LogP contribution in [0.3, 0.4) is 0 Å². The summed E-state index contributed by atoms with van der Waals surface area (Å²) >= 11 is 0. The van der Waals surface area contributed by atoms with Crippen LogP contribution in [0.25, 0.3) is 0 Å². The van der Waals surface area contributed by atoms with E-state index < -0.39 is 0 Å². The highest BCUT2D eigenvalue weighted by atomic mass is 16.5. The molecule has 0 spiro atoms. The van der Waals surface area contributed by atoms with Gasteiger partial charge in [-0.2, -0.15) is 0 Å². The van der Waals surface area contributed by atoms with Gasteiger partial charge in [0.15, 0.2) is 0 Å². The van der Waals surface area contributed by atoms with Crippen LogP contribution in [0.1, 0.15) is 18.1 Å². The van der Waals surface area contributed by atoms with E-state index in [4.69, 9.17) is 4.74 Å². The van der Waals surface area contributed by atoms with Crippen molar-refractivity contribution in [2.75, 3.05) is 6.61 Å². The zero-order chi connectivity index (χ0) is 12.6. The van der Waals surface area contributed by atoms with Gasteiger partial charge >= 0.3 is 0 Å². The van der Waals surface area contributed by atoms with Gasteiger partial charge in [0.2, 0.25) is 0 Å². The summed E-state index contributed by atoms with van der Waals surface area (Å²) in [6.07, 6.45) is 3.71. The molecule has 1 heterocycles. The molecule has 0 atom stereocenters. The second-order valence-corrected chi connectivity index (χ2v) is 4.14. The molecule has 0 amide bonds. The fourth-order valence-corrected chi connectivity index (χ4v) is 1.81. The largest absolute Gasteiger partial charge is 0.494 e. The van der Waals surface area contributed by atoms with E-state index in [1.807, 2.05) is 31.3 Å². The molecule has 3 heteroatoms. The minimum absolute atomic E-state index is 0.715. The van der Waals surface area contributed by atoms with Gasteiger partial charge in [-0.05, 0) is 37.3 Å². The third-order valence-corrected chi connectivity index (χ3v) is 2.72. The number of benzene rings is 1. The number of aromatic nitrogens is 1. The van der Waals surface area contributed by atoms with Crippen LogP contribution in [0, 0.1) is 0 Å². The van der Waals surface area contributed by atoms with Crippen molar-refractivity contribution in [3.63, 3.8) is 0 Å². The lowest BCUT2D eigenvalue weighted by Crippen LogP contribution is -2.80. The molecule has 2 N–H and O–H groups in total. The maximum absolute atomic E-state index is 5.42. The second-order valence-electron chi connectivity index (χ2n) is 4.14. The van der Waals surface area contributed by atoms with Crippen LogP contribution in [0.4, 0.5) is 0 Å². The molecule has 3 nitrogen and oxygen atoms in total. The van der Waals surface area contributed by atoms with Crippen molar-refractivity contribution in [3.8, 4) is 5.75 Å². The van der Waals surface area contributed by atoms with Gasteiger partial charge in [-0.1, -0.05) is 6.07 Å². The van der Waals surface area contributed by atoms with Crippen LogP contribution in [0.2, 0.25) is 0 Å². The molecule has 94 valence electrons. The van der Waals surface area contributed by atoms with E-state index in [9.17, 15) is 0 Å². The third-order valence-electron chi connectivity index (χ3n) is 2.72. The van der Waals surface area contributed by atoms with Crippen LogP contribution in [0.5, 0.6) is 5.75 Å². The molecule has 0 aliphatic carbocycles. The molecule has 0 saturated heterocycles. The minimum atomic E-state index is 0.715. The Morgan fingerprint density at radius 3 is 2.50 bits per heavy atom. The molecule has 0 radical (unpaired) electrons. The highest BCUT2D eigenvalue weighted by molar-refractivity contribution is 5.26. The molecule has 0 fully saturated rings. The molecule has 0 aliphatic heterocycles. The number of hydrogen-bond acceptors (Lipinski definition) is 2. The number of pyridine rings is 1. The Morgan fingerprint density at radius 1 is 1.06 bits per heavy atom. The molecule has 0 bridgehead atoms. The summed E-state index contributed by atoms with van der Waals surface area (Å²) in [5.74, 6) is 0.938. The van der Waals surface area contributed by atoms with E-state index >= 15 is 0 Å². The number of nitrogens with zero attached hydrogens (tertiary/aromatic N) is 1. The van der Waals surface area contributed by atoms with Gasteiger partial charge in [0.05, 0.1) is 6.61 Å². The lowest BCUT2D eigenvalue weighted by atomic mass is 10.2. The van der Waals surface area contributed by atoms with Gasteiger partial charge in [-0.3, -0.25) is 4.98 Å². The zero-order valence-corrected chi connectivity index (χ0v) is 10.7. The number of rotatable bonds is 6. The molecular formula is C15H19N2O+. The van der Waals surface area contributed by atoms with E-state index in [-0.39, 0.29) is 0 Å². The van der Waals surface area contributed by atoms with Crippen LogP contribution in [-0.4, -0.2) is 11.6 Å². The third kappa shape index (κ3) is 3.86. The van der Waals surface area contributed by atoms with Crippen LogP contribution in [-0.2, 0) is 13.1 Å². The van der Waals surface area contributed by atoms with Crippen molar-refractivity contribution < 1.29 is 10.1 Å². The van der Waals surface area contributed by atoms with Gasteiger partial charge in [0, 0.05) is 23.5 Å². The van der Waals surface area contributed by atoms with Crippen molar-refractivity contribution in [2.45, 2.75) is 20.0 Å². The molecule has 18 heavy (non-hydrogen) atoms. The summed E-state index contributed by atoms with van der Waals surface area (Å²) in [5, 5.41) is 2.27. The Balaban J connectivity index is 1.80. The SMILES string of the molecule is CCOc1ccc(C[NH2+]Cc2cccnc2)cc1. The maximum Gasteiger partial charge on any atom is 0.119 e. The minimum Gasteiger partial charge on any atom is -0.494 e. The normalized spacial score (nSPS) is 10.3. The molecule has 2 aromatic rings. The first-order valence-corrected chi connectivity index (χ1v) is 6.31. The summed E-state index contributed by atoms with van der Waals surface area (Å²) in [6, 6.07) is 12.4. The smallest absolute Gasteiger partial charge is 0.119 e. The topological polar surface area (TPSA) is 38.7 Å². The Bertz CT molecular complexity index is 454. The van der Waals surface area contributed by atoms with Gasteiger partial charge in [0.1, 0.15) is 18.8 Å². The quantitative estimate of drug-likeness (QED) is 0.839. The second kappa shape index (κ2) is 6.77. The lowest BCUT2D eigenvalue weighted by molar-refractivity contribution is -0.686. The highest BCUT2D eigenvalue weighted by Gasteiger charge is 1.98. The molecule has 0 saturated carbocycles. The molecule has 2 rings (SSSR count). The molecule has 0 aliphatic rings. The van der Waals surface area contributed by atoms with Crippen molar-refractivity contribution in [1.82, 2.24) is 4.98 Å². The number of ether oxygens (including phenoxy) is 1. The molecule has 1 aromatic heterocycles.